The van der Waals surface area contributed by atoms with Crippen LogP contribution in [0.15, 0.2) is 22.9 Å². The molecule has 0 aromatic carbocycles. The van der Waals surface area contributed by atoms with Crippen molar-refractivity contribution in [1.29, 1.82) is 0 Å². The fourth-order valence-electron chi connectivity index (χ4n) is 4.98. The van der Waals surface area contributed by atoms with Gasteiger partial charge in [0.2, 0.25) is 0 Å². The summed E-state index contributed by atoms with van der Waals surface area (Å²) in [6.07, 6.45) is 26.6. The number of carbonyl (C=O) groups is 2. The highest BCUT2D eigenvalue weighted by Crippen LogP contribution is 2.25. The summed E-state index contributed by atoms with van der Waals surface area (Å²) in [5.41, 5.74) is 2.14. The number of hydrogen-bond acceptors (Lipinski definition) is 4. The summed E-state index contributed by atoms with van der Waals surface area (Å²) in [6, 6.07) is 0. The monoisotopic (exact) mass is 533 g/mol. The van der Waals surface area contributed by atoms with E-state index in [4.69, 9.17) is 9.47 Å². The molecule has 0 saturated carbocycles. The Morgan fingerprint density at radius 2 is 1.03 bits per heavy atom. The van der Waals surface area contributed by atoms with Gasteiger partial charge in [-0.1, -0.05) is 129 Å². The average Bonchev–Trinajstić information content (AvgIpc) is 2.91. The number of nitrogens with zero attached hydrogens (tertiary/aromatic N) is 1. The molecule has 0 N–H and O–H groups in total. The molecule has 1 aliphatic rings. The van der Waals surface area contributed by atoms with Gasteiger partial charge in [0.15, 0.2) is 0 Å². The number of carbonyl (C=O) groups excluding carboxylic acids is 2. The van der Waals surface area contributed by atoms with Gasteiger partial charge >= 0.3 is 12.1 Å². The molecule has 1 rings (SSSR count). The Bertz CT molecular complexity index is 697. The number of hydrogen-bond donors (Lipinski definition) is 0. The highest BCUT2D eigenvalue weighted by Gasteiger charge is 2.26. The summed E-state index contributed by atoms with van der Waals surface area (Å²) in [6.45, 7) is 9.52. The summed E-state index contributed by atoms with van der Waals surface area (Å²) < 4.78 is 11.1. The van der Waals surface area contributed by atoms with E-state index in [1.165, 1.54) is 103 Å². The molecule has 5 nitrogen and oxygen atoms in total. The van der Waals surface area contributed by atoms with Crippen LogP contribution in [0.1, 0.15) is 156 Å². The Labute approximate surface area is 234 Å². The first kappa shape index (κ1) is 34.2. The molecule has 0 aromatic rings. The third-order valence-electron chi connectivity index (χ3n) is 7.72. The first-order valence-corrected chi connectivity index (χ1v) is 16.0. The molecule has 0 saturated heterocycles. The number of allylic oxidation sites excluding steroid dienone is 1. The minimum absolute atomic E-state index is 0.281. The molecule has 0 aromatic heterocycles. The van der Waals surface area contributed by atoms with Crippen molar-refractivity contribution in [2.24, 2.45) is 0 Å². The quantitative estimate of drug-likeness (QED) is 0.0968. The van der Waals surface area contributed by atoms with E-state index in [1.54, 1.807) is 11.0 Å². The summed E-state index contributed by atoms with van der Waals surface area (Å²) in [5, 5.41) is 0. The fraction of sp³-hybridized carbons (Fsp3) is 0.818. The Morgan fingerprint density at radius 1 is 0.632 bits per heavy atom. The van der Waals surface area contributed by atoms with Crippen LogP contribution in [-0.4, -0.2) is 36.7 Å². The predicted octanol–water partition coefficient (Wildman–Crippen LogP) is 10.0. The van der Waals surface area contributed by atoms with Crippen LogP contribution >= 0.6 is 0 Å². The highest BCUT2D eigenvalue weighted by atomic mass is 16.6. The Hall–Kier alpha value is -1.78. The molecule has 38 heavy (non-hydrogen) atoms. The van der Waals surface area contributed by atoms with Crippen molar-refractivity contribution in [3.63, 3.8) is 0 Å². The van der Waals surface area contributed by atoms with Gasteiger partial charge in [-0.25, -0.2) is 9.59 Å². The first-order chi connectivity index (χ1) is 18.5. The zero-order valence-corrected chi connectivity index (χ0v) is 25.4. The van der Waals surface area contributed by atoms with Crippen molar-refractivity contribution in [2.75, 3.05) is 19.8 Å². The van der Waals surface area contributed by atoms with Crippen molar-refractivity contribution >= 4 is 12.1 Å². The minimum atomic E-state index is -0.327. The number of rotatable bonds is 23. The van der Waals surface area contributed by atoms with Crippen LogP contribution in [0.25, 0.3) is 0 Å². The molecular weight excluding hydrogens is 474 g/mol. The summed E-state index contributed by atoms with van der Waals surface area (Å²) in [4.78, 5) is 26.8. The Balaban J connectivity index is 2.16. The van der Waals surface area contributed by atoms with Gasteiger partial charge in [-0.2, -0.15) is 0 Å². The topological polar surface area (TPSA) is 55.8 Å². The fourth-order valence-corrected chi connectivity index (χ4v) is 4.98. The number of ether oxygens (including phenoxy) is 2. The van der Waals surface area contributed by atoms with E-state index in [2.05, 4.69) is 13.8 Å². The molecule has 0 radical (unpaired) electrons. The molecule has 220 valence electrons. The van der Waals surface area contributed by atoms with E-state index < -0.39 is 0 Å². The Morgan fingerprint density at radius 3 is 1.47 bits per heavy atom. The van der Waals surface area contributed by atoms with Gasteiger partial charge in [-0.3, -0.25) is 4.90 Å². The zero-order chi connectivity index (χ0) is 27.8. The van der Waals surface area contributed by atoms with Crippen LogP contribution in [0.2, 0.25) is 0 Å². The Kier molecular flexibility index (Phi) is 20.9. The molecule has 0 spiro atoms. The van der Waals surface area contributed by atoms with Crippen molar-refractivity contribution in [3.05, 3.63) is 22.9 Å². The maximum atomic E-state index is 12.6. The molecule has 1 heterocycles. The standard InChI is InChI=1S/C33H59NO4/c1-5-7-9-11-13-15-17-19-21-23-27-37-32(35)31-25-26-34(30(4)29(31)3)33(36)38-28-24-22-20-18-16-14-12-10-8-6-2/h25H,5-24,26-28H2,1-4H3. The van der Waals surface area contributed by atoms with Crippen molar-refractivity contribution in [3.8, 4) is 0 Å². The average molecular weight is 534 g/mol. The second-order valence-corrected chi connectivity index (χ2v) is 11.1. The third-order valence-corrected chi connectivity index (χ3v) is 7.72. The van der Waals surface area contributed by atoms with Gasteiger partial charge in [0.1, 0.15) is 0 Å². The number of unbranched alkanes of at least 4 members (excludes halogenated alkanes) is 18. The van der Waals surface area contributed by atoms with Crippen LogP contribution in [0.4, 0.5) is 4.79 Å². The maximum Gasteiger partial charge on any atom is 0.414 e. The van der Waals surface area contributed by atoms with Crippen molar-refractivity contribution in [2.45, 2.75) is 156 Å². The lowest BCUT2D eigenvalue weighted by Crippen LogP contribution is -2.34. The molecule has 0 unspecified atom stereocenters. The normalized spacial score (nSPS) is 13.6. The van der Waals surface area contributed by atoms with E-state index in [0.717, 1.165) is 37.0 Å². The molecule has 0 fully saturated rings. The zero-order valence-electron chi connectivity index (χ0n) is 25.4. The lowest BCUT2D eigenvalue weighted by atomic mass is 10.0. The second kappa shape index (κ2) is 23.1. The van der Waals surface area contributed by atoms with E-state index in [9.17, 15) is 9.59 Å². The second-order valence-electron chi connectivity index (χ2n) is 11.1. The third kappa shape index (κ3) is 15.6. The van der Waals surface area contributed by atoms with Crippen LogP contribution in [0.5, 0.6) is 0 Å². The predicted molar refractivity (Wildman–Crippen MR) is 159 cm³/mol. The molecule has 0 bridgehead atoms. The lowest BCUT2D eigenvalue weighted by molar-refractivity contribution is -0.138. The lowest BCUT2D eigenvalue weighted by Gasteiger charge is -2.27. The van der Waals surface area contributed by atoms with Gasteiger partial charge in [0.05, 0.1) is 18.8 Å². The molecule has 0 atom stereocenters. The van der Waals surface area contributed by atoms with E-state index >= 15 is 0 Å². The van der Waals surface area contributed by atoms with Crippen LogP contribution in [-0.2, 0) is 14.3 Å². The van der Waals surface area contributed by atoms with Crippen molar-refractivity contribution < 1.29 is 19.1 Å². The smallest absolute Gasteiger partial charge is 0.414 e. The van der Waals surface area contributed by atoms with Crippen LogP contribution < -0.4 is 0 Å². The van der Waals surface area contributed by atoms with Crippen LogP contribution in [0, 0.1) is 0 Å². The van der Waals surface area contributed by atoms with Gasteiger partial charge in [-0.05, 0) is 38.3 Å². The SMILES string of the molecule is CCCCCCCCCCCCOC(=O)C1=CCN(C(=O)OCCCCCCCCCCCC)C(C)=C1C. The van der Waals surface area contributed by atoms with Gasteiger partial charge in [0.25, 0.3) is 0 Å². The molecule has 5 heteroatoms. The number of esters is 1. The van der Waals surface area contributed by atoms with Gasteiger partial charge in [0, 0.05) is 12.2 Å². The van der Waals surface area contributed by atoms with Gasteiger partial charge in [-0.15, -0.1) is 0 Å². The van der Waals surface area contributed by atoms with Gasteiger partial charge < -0.3 is 9.47 Å². The van der Waals surface area contributed by atoms with E-state index in [0.29, 0.717) is 25.3 Å². The molecular formula is C33H59NO4. The molecule has 1 aliphatic heterocycles. The van der Waals surface area contributed by atoms with E-state index in [1.807, 2.05) is 13.8 Å². The largest absolute Gasteiger partial charge is 0.462 e. The summed E-state index contributed by atoms with van der Waals surface area (Å²) >= 11 is 0. The minimum Gasteiger partial charge on any atom is -0.462 e. The van der Waals surface area contributed by atoms with Crippen molar-refractivity contribution in [1.82, 2.24) is 4.90 Å². The number of amides is 1. The summed E-state index contributed by atoms with van der Waals surface area (Å²) in [5.74, 6) is -0.281. The molecule has 0 aliphatic carbocycles. The van der Waals surface area contributed by atoms with E-state index in [-0.39, 0.29) is 12.1 Å². The highest BCUT2D eigenvalue weighted by molar-refractivity contribution is 5.94. The molecule has 1 amide bonds. The maximum absolute atomic E-state index is 12.6. The van der Waals surface area contributed by atoms with Crippen LogP contribution in [0.3, 0.4) is 0 Å². The first-order valence-electron chi connectivity index (χ1n) is 16.0. The summed E-state index contributed by atoms with van der Waals surface area (Å²) in [7, 11) is 0.